The molecule has 1 aliphatic heterocycles. The summed E-state index contributed by atoms with van der Waals surface area (Å²) in [6, 6.07) is 12.3. The Bertz CT molecular complexity index is 1340. The summed E-state index contributed by atoms with van der Waals surface area (Å²) >= 11 is 0. The van der Waals surface area contributed by atoms with E-state index in [4.69, 9.17) is 14.2 Å². The molecule has 2 bridgehead atoms. The summed E-state index contributed by atoms with van der Waals surface area (Å²) in [4.78, 5) is 31.6. The van der Waals surface area contributed by atoms with Gasteiger partial charge in [-0.1, -0.05) is 42.5 Å². The fourth-order valence-electron chi connectivity index (χ4n) is 5.42. The Hall–Kier alpha value is -3.92. The normalized spacial score (nSPS) is 26.7. The lowest BCUT2D eigenvalue weighted by molar-refractivity contribution is -0.162. The van der Waals surface area contributed by atoms with Crippen LogP contribution < -0.4 is 9.47 Å². The van der Waals surface area contributed by atoms with Gasteiger partial charge in [0.15, 0.2) is 5.60 Å². The molecule has 1 aromatic heterocycles. The lowest BCUT2D eigenvalue weighted by Crippen LogP contribution is -2.51. The zero-order valence-corrected chi connectivity index (χ0v) is 19.1. The molecule has 3 aromatic rings. The van der Waals surface area contributed by atoms with Crippen LogP contribution in [0, 0.1) is 5.92 Å². The van der Waals surface area contributed by atoms with E-state index in [-0.39, 0.29) is 22.6 Å². The number of benzene rings is 2. The molecule has 10 heteroatoms. The van der Waals surface area contributed by atoms with Crippen molar-refractivity contribution in [2.75, 3.05) is 14.2 Å². The molecular weight excluding hydrogens is 479 g/mol. The van der Waals surface area contributed by atoms with E-state index in [2.05, 4.69) is 4.98 Å². The van der Waals surface area contributed by atoms with Crippen LogP contribution in [0.3, 0.4) is 0 Å². The van der Waals surface area contributed by atoms with Crippen LogP contribution in [0.15, 0.2) is 67.0 Å². The first kappa shape index (κ1) is 23.8. The van der Waals surface area contributed by atoms with Crippen molar-refractivity contribution in [2.24, 2.45) is 5.92 Å². The Morgan fingerprint density at radius 2 is 1.72 bits per heavy atom. The molecule has 2 aliphatic rings. The van der Waals surface area contributed by atoms with Crippen LogP contribution in [0.4, 0.5) is 13.2 Å². The van der Waals surface area contributed by atoms with E-state index < -0.39 is 46.5 Å². The molecule has 2 aromatic carbocycles. The van der Waals surface area contributed by atoms with Gasteiger partial charge < -0.3 is 19.3 Å². The van der Waals surface area contributed by atoms with Gasteiger partial charge in [0, 0.05) is 5.56 Å². The molecule has 186 valence electrons. The Balaban J connectivity index is 1.86. The average molecular weight is 499 g/mol. The van der Waals surface area contributed by atoms with Crippen molar-refractivity contribution in [2.45, 2.75) is 23.3 Å². The van der Waals surface area contributed by atoms with Crippen LogP contribution in [0.5, 0.6) is 11.5 Å². The number of halogens is 3. The summed E-state index contributed by atoms with van der Waals surface area (Å²) in [6.07, 6.45) is -2.08. The van der Waals surface area contributed by atoms with Gasteiger partial charge in [-0.3, -0.25) is 14.6 Å². The number of ether oxygens (including phenoxy) is 3. The third kappa shape index (κ3) is 3.07. The van der Waals surface area contributed by atoms with Crippen molar-refractivity contribution in [1.29, 1.82) is 0 Å². The number of aromatic nitrogens is 1. The summed E-state index contributed by atoms with van der Waals surface area (Å²) in [6.45, 7) is 0. The number of alkyl halides is 3. The van der Waals surface area contributed by atoms with Gasteiger partial charge in [0.1, 0.15) is 17.4 Å². The predicted molar refractivity (Wildman–Crippen MR) is 118 cm³/mol. The number of hydrogen-bond acceptors (Lipinski definition) is 7. The van der Waals surface area contributed by atoms with E-state index in [1.165, 1.54) is 19.5 Å². The molecular formula is C26H20F3NO6. The highest BCUT2D eigenvalue weighted by molar-refractivity contribution is 6.07. The van der Waals surface area contributed by atoms with Crippen LogP contribution >= 0.6 is 0 Å². The molecule has 2 heterocycles. The first-order valence-electron chi connectivity index (χ1n) is 10.9. The van der Waals surface area contributed by atoms with Crippen molar-refractivity contribution in [1.82, 2.24) is 4.98 Å². The third-order valence-corrected chi connectivity index (χ3v) is 6.91. The number of nitrogens with zero attached hydrogens (tertiary/aromatic N) is 1. The van der Waals surface area contributed by atoms with Gasteiger partial charge in [-0.25, -0.2) is 0 Å². The standard InChI is InChI=1S/C26H20F3NO6/c1-34-17-12-30-13-18-20(17)24(33)21(22(31)35-2)19(14-6-4-3-5-7-14)25(36-18,23(24)32)15-8-10-16(11-9-15)26(27,28)29/h3-13,19,21,33H,1-2H3/t19?,21-,24-,25?/m0/s1. The summed E-state index contributed by atoms with van der Waals surface area (Å²) in [5.74, 6) is -4.54. The topological polar surface area (TPSA) is 95.0 Å². The number of rotatable bonds is 4. The number of carbonyl (C=O) groups excluding carboxylic acids is 2. The van der Waals surface area contributed by atoms with Crippen LogP contribution in [0.25, 0.3) is 0 Å². The highest BCUT2D eigenvalue weighted by Gasteiger charge is 2.77. The fraction of sp³-hybridized carbons (Fsp3) is 0.269. The second kappa shape index (κ2) is 8.06. The molecule has 5 rings (SSSR count). The number of carbonyl (C=O) groups is 2. The number of esters is 1. The van der Waals surface area contributed by atoms with Gasteiger partial charge in [0.25, 0.3) is 0 Å². The average Bonchev–Trinajstić information content (AvgIpc) is 3.00. The summed E-state index contributed by atoms with van der Waals surface area (Å²) in [7, 11) is 2.43. The van der Waals surface area contributed by atoms with E-state index >= 15 is 0 Å². The first-order chi connectivity index (χ1) is 17.1. The second-order valence-corrected chi connectivity index (χ2v) is 8.61. The van der Waals surface area contributed by atoms with Crippen molar-refractivity contribution >= 4 is 11.8 Å². The van der Waals surface area contributed by atoms with Crippen LogP contribution in [0.2, 0.25) is 0 Å². The Labute approximate surface area is 203 Å². The minimum absolute atomic E-state index is 0.00647. The summed E-state index contributed by atoms with van der Waals surface area (Å²) in [5, 5.41) is 12.1. The van der Waals surface area contributed by atoms with E-state index in [1.54, 1.807) is 30.3 Å². The van der Waals surface area contributed by atoms with Crippen LogP contribution in [0.1, 0.15) is 28.2 Å². The minimum atomic E-state index is -4.61. The molecule has 36 heavy (non-hydrogen) atoms. The lowest BCUT2D eigenvalue weighted by atomic mass is 9.75. The van der Waals surface area contributed by atoms with E-state index in [0.717, 1.165) is 31.4 Å². The largest absolute Gasteiger partial charge is 0.495 e. The zero-order valence-electron chi connectivity index (χ0n) is 19.1. The zero-order chi connectivity index (χ0) is 25.9. The fourth-order valence-corrected chi connectivity index (χ4v) is 5.42. The highest BCUT2D eigenvalue weighted by atomic mass is 19.4. The van der Waals surface area contributed by atoms with Gasteiger partial charge in [-0.15, -0.1) is 0 Å². The highest BCUT2D eigenvalue weighted by Crippen LogP contribution is 2.65. The first-order valence-corrected chi connectivity index (χ1v) is 10.9. The van der Waals surface area contributed by atoms with Gasteiger partial charge in [0.05, 0.1) is 43.7 Å². The van der Waals surface area contributed by atoms with Gasteiger partial charge in [-0.2, -0.15) is 13.2 Å². The predicted octanol–water partition coefficient (Wildman–Crippen LogP) is 3.74. The minimum Gasteiger partial charge on any atom is -0.495 e. The maximum atomic E-state index is 14.3. The van der Waals surface area contributed by atoms with Crippen molar-refractivity contribution in [3.63, 3.8) is 0 Å². The van der Waals surface area contributed by atoms with Crippen LogP contribution in [-0.2, 0) is 31.7 Å². The molecule has 2 unspecified atom stereocenters. The number of methoxy groups -OCH3 is 2. The lowest BCUT2D eigenvalue weighted by Gasteiger charge is -2.39. The second-order valence-electron chi connectivity index (χ2n) is 8.61. The quantitative estimate of drug-likeness (QED) is 0.547. The number of Topliss-reactive ketones (excluding diaryl/α,β-unsaturated/α-hetero) is 1. The smallest absolute Gasteiger partial charge is 0.416 e. The number of hydrogen-bond donors (Lipinski definition) is 1. The summed E-state index contributed by atoms with van der Waals surface area (Å²) < 4.78 is 56.6. The molecule has 1 fully saturated rings. The van der Waals surface area contributed by atoms with E-state index in [9.17, 15) is 27.9 Å². The molecule has 0 radical (unpaired) electrons. The van der Waals surface area contributed by atoms with Gasteiger partial charge >= 0.3 is 12.1 Å². The van der Waals surface area contributed by atoms with Crippen molar-refractivity contribution < 1.29 is 42.1 Å². The molecule has 1 aliphatic carbocycles. The van der Waals surface area contributed by atoms with Crippen molar-refractivity contribution in [3.8, 4) is 11.5 Å². The maximum absolute atomic E-state index is 14.3. The molecule has 1 N–H and O–H groups in total. The number of fused-ring (bicyclic) bond motifs is 4. The van der Waals surface area contributed by atoms with Crippen molar-refractivity contribution in [3.05, 3.63) is 89.2 Å². The molecule has 0 amide bonds. The van der Waals surface area contributed by atoms with E-state index in [1.807, 2.05) is 0 Å². The molecule has 4 atom stereocenters. The monoisotopic (exact) mass is 499 g/mol. The van der Waals surface area contributed by atoms with Gasteiger partial charge in [0.2, 0.25) is 11.4 Å². The molecule has 0 spiro atoms. The van der Waals surface area contributed by atoms with Gasteiger partial charge in [-0.05, 0) is 17.7 Å². The maximum Gasteiger partial charge on any atom is 0.416 e. The molecule has 0 saturated heterocycles. The number of pyridine rings is 1. The Morgan fingerprint density at radius 1 is 1.06 bits per heavy atom. The molecule has 1 saturated carbocycles. The van der Waals surface area contributed by atoms with E-state index in [0.29, 0.717) is 5.56 Å². The summed E-state index contributed by atoms with van der Waals surface area (Å²) in [5.41, 5.74) is -5.10. The SMILES string of the molecule is COC(=O)[C@@H]1C(c2ccccc2)C2(c3ccc(C(F)(F)F)cc3)Oc3cncc(OC)c3[C@@]1(O)C2=O. The molecule has 7 nitrogen and oxygen atoms in total. The Kier molecular flexibility index (Phi) is 5.33. The third-order valence-electron chi connectivity index (χ3n) is 6.91. The number of ketones is 1. The number of aliphatic hydroxyl groups is 1. The Morgan fingerprint density at radius 3 is 2.31 bits per heavy atom. The van der Waals surface area contributed by atoms with Crippen LogP contribution in [-0.4, -0.2) is 36.1 Å².